The van der Waals surface area contributed by atoms with Crippen LogP contribution in [0.1, 0.15) is 25.7 Å². The van der Waals surface area contributed by atoms with Crippen LogP contribution < -0.4 is 5.32 Å². The molecule has 17 heavy (non-hydrogen) atoms. The zero-order valence-corrected chi connectivity index (χ0v) is 11.2. The van der Waals surface area contributed by atoms with E-state index in [9.17, 15) is 5.11 Å². The van der Waals surface area contributed by atoms with E-state index >= 15 is 0 Å². The lowest BCUT2D eigenvalue weighted by molar-refractivity contribution is 0.110. The van der Waals surface area contributed by atoms with Crippen molar-refractivity contribution in [2.45, 2.75) is 43.8 Å². The summed E-state index contributed by atoms with van der Waals surface area (Å²) >= 11 is 0. The van der Waals surface area contributed by atoms with E-state index in [0.29, 0.717) is 12.1 Å². The Morgan fingerprint density at radius 3 is 2.71 bits per heavy atom. The molecule has 100 valence electrons. The van der Waals surface area contributed by atoms with Gasteiger partial charge >= 0.3 is 0 Å². The highest BCUT2D eigenvalue weighted by atomic mass is 16.3. The Hall–Kier alpha value is -0.160. The SMILES string of the molecule is CN(C)C1CCCN(CC(CO)NC2CC2)C1. The third-order valence-corrected chi connectivity index (χ3v) is 3.96. The van der Waals surface area contributed by atoms with Crippen LogP contribution in [0.3, 0.4) is 0 Å². The maximum atomic E-state index is 9.41. The molecule has 4 nitrogen and oxygen atoms in total. The minimum absolute atomic E-state index is 0.264. The Bertz CT molecular complexity index is 231. The van der Waals surface area contributed by atoms with Crippen molar-refractivity contribution in [2.75, 3.05) is 40.3 Å². The number of piperidine rings is 1. The monoisotopic (exact) mass is 241 g/mol. The Labute approximate surface area is 105 Å². The van der Waals surface area contributed by atoms with Gasteiger partial charge in [0.2, 0.25) is 0 Å². The van der Waals surface area contributed by atoms with E-state index in [4.69, 9.17) is 0 Å². The maximum Gasteiger partial charge on any atom is 0.0597 e. The van der Waals surface area contributed by atoms with Gasteiger partial charge in [0, 0.05) is 31.2 Å². The summed E-state index contributed by atoms with van der Waals surface area (Å²) in [7, 11) is 4.33. The molecule has 2 fully saturated rings. The largest absolute Gasteiger partial charge is 0.395 e. The first-order chi connectivity index (χ1) is 8.19. The number of aliphatic hydroxyl groups excluding tert-OH is 1. The molecule has 0 amide bonds. The minimum Gasteiger partial charge on any atom is -0.395 e. The number of hydrogen-bond donors (Lipinski definition) is 2. The normalized spacial score (nSPS) is 28.6. The van der Waals surface area contributed by atoms with E-state index in [2.05, 4.69) is 29.2 Å². The Balaban J connectivity index is 1.75. The van der Waals surface area contributed by atoms with Gasteiger partial charge in [-0.2, -0.15) is 0 Å². The molecule has 2 N–H and O–H groups in total. The molecule has 2 atom stereocenters. The van der Waals surface area contributed by atoms with Crippen molar-refractivity contribution in [1.29, 1.82) is 0 Å². The molecule has 4 heteroatoms. The zero-order valence-electron chi connectivity index (χ0n) is 11.2. The molecule has 0 bridgehead atoms. The standard InChI is InChI=1S/C13H27N3O/c1-15(2)13-4-3-7-16(9-13)8-12(10-17)14-11-5-6-11/h11-14,17H,3-10H2,1-2H3. The first-order valence-corrected chi connectivity index (χ1v) is 6.94. The molecule has 2 rings (SSSR count). The molecule has 0 aromatic heterocycles. The van der Waals surface area contributed by atoms with Crippen LogP contribution >= 0.6 is 0 Å². The molecule has 2 unspecified atom stereocenters. The zero-order chi connectivity index (χ0) is 12.3. The molecule has 1 aliphatic carbocycles. The molecule has 0 aromatic rings. The van der Waals surface area contributed by atoms with Crippen LogP contribution in [0.2, 0.25) is 0 Å². The van der Waals surface area contributed by atoms with Gasteiger partial charge in [-0.05, 0) is 46.3 Å². The second-order valence-electron chi connectivity index (χ2n) is 5.84. The van der Waals surface area contributed by atoms with E-state index in [1.54, 1.807) is 0 Å². The Kier molecular flexibility index (Phi) is 4.79. The first-order valence-electron chi connectivity index (χ1n) is 6.94. The predicted octanol–water partition coefficient (Wildman–Crippen LogP) is 0.125. The summed E-state index contributed by atoms with van der Waals surface area (Å²) in [4.78, 5) is 4.83. The smallest absolute Gasteiger partial charge is 0.0597 e. The summed E-state index contributed by atoms with van der Waals surface area (Å²) < 4.78 is 0. The molecule has 1 aliphatic heterocycles. The van der Waals surface area contributed by atoms with E-state index in [-0.39, 0.29) is 12.6 Å². The molecular weight excluding hydrogens is 214 g/mol. The summed E-state index contributed by atoms with van der Waals surface area (Å²) in [5.41, 5.74) is 0. The van der Waals surface area contributed by atoms with Crippen LogP contribution in [-0.4, -0.2) is 73.4 Å². The van der Waals surface area contributed by atoms with Crippen LogP contribution in [0.15, 0.2) is 0 Å². The number of nitrogens with one attached hydrogen (secondary N) is 1. The van der Waals surface area contributed by atoms with E-state index < -0.39 is 0 Å². The third-order valence-electron chi connectivity index (χ3n) is 3.96. The molecule has 0 radical (unpaired) electrons. The summed E-state index contributed by atoms with van der Waals surface area (Å²) in [5.74, 6) is 0. The van der Waals surface area contributed by atoms with Gasteiger partial charge in [0.25, 0.3) is 0 Å². The number of likely N-dealkylation sites (tertiary alicyclic amines) is 1. The summed E-state index contributed by atoms with van der Waals surface area (Å²) in [6, 6.07) is 1.63. The number of hydrogen-bond acceptors (Lipinski definition) is 4. The van der Waals surface area contributed by atoms with Gasteiger partial charge in [-0.25, -0.2) is 0 Å². The fraction of sp³-hybridized carbons (Fsp3) is 1.00. The van der Waals surface area contributed by atoms with Gasteiger partial charge in [0.15, 0.2) is 0 Å². The molecule has 2 aliphatic rings. The van der Waals surface area contributed by atoms with Crippen molar-refractivity contribution in [3.05, 3.63) is 0 Å². The summed E-state index contributed by atoms with van der Waals surface area (Å²) in [6.45, 7) is 3.60. The van der Waals surface area contributed by atoms with Gasteiger partial charge in [-0.3, -0.25) is 0 Å². The molecule has 0 aromatic carbocycles. The number of likely N-dealkylation sites (N-methyl/N-ethyl adjacent to an activating group) is 1. The average molecular weight is 241 g/mol. The van der Waals surface area contributed by atoms with Gasteiger partial charge in [-0.1, -0.05) is 0 Å². The van der Waals surface area contributed by atoms with Crippen molar-refractivity contribution >= 4 is 0 Å². The minimum atomic E-state index is 0.264. The van der Waals surface area contributed by atoms with Gasteiger partial charge in [0.05, 0.1) is 6.61 Å². The van der Waals surface area contributed by atoms with Gasteiger partial charge < -0.3 is 20.2 Å². The van der Waals surface area contributed by atoms with Crippen LogP contribution in [0.5, 0.6) is 0 Å². The Morgan fingerprint density at radius 2 is 2.12 bits per heavy atom. The molecule has 1 saturated carbocycles. The highest BCUT2D eigenvalue weighted by Gasteiger charge is 2.27. The lowest BCUT2D eigenvalue weighted by atomic mass is 10.0. The lowest BCUT2D eigenvalue weighted by Gasteiger charge is -2.37. The second kappa shape index (κ2) is 6.14. The van der Waals surface area contributed by atoms with Gasteiger partial charge in [-0.15, -0.1) is 0 Å². The van der Waals surface area contributed by atoms with Crippen molar-refractivity contribution in [2.24, 2.45) is 0 Å². The number of aliphatic hydroxyl groups is 1. The average Bonchev–Trinajstić information content (AvgIpc) is 3.12. The van der Waals surface area contributed by atoms with E-state index in [1.165, 1.54) is 32.2 Å². The van der Waals surface area contributed by atoms with Crippen molar-refractivity contribution in [1.82, 2.24) is 15.1 Å². The van der Waals surface area contributed by atoms with E-state index in [1.807, 2.05) is 0 Å². The number of nitrogens with zero attached hydrogens (tertiary/aromatic N) is 2. The molecular formula is C13H27N3O. The third kappa shape index (κ3) is 4.21. The van der Waals surface area contributed by atoms with Crippen molar-refractivity contribution in [3.8, 4) is 0 Å². The Morgan fingerprint density at radius 1 is 1.35 bits per heavy atom. The highest BCUT2D eigenvalue weighted by Crippen LogP contribution is 2.20. The van der Waals surface area contributed by atoms with Crippen LogP contribution in [0.25, 0.3) is 0 Å². The van der Waals surface area contributed by atoms with Crippen LogP contribution in [-0.2, 0) is 0 Å². The first kappa shape index (κ1) is 13.3. The predicted molar refractivity (Wildman–Crippen MR) is 70.2 cm³/mol. The molecule has 0 spiro atoms. The summed E-state index contributed by atoms with van der Waals surface area (Å²) in [5, 5.41) is 12.9. The van der Waals surface area contributed by atoms with Crippen molar-refractivity contribution in [3.63, 3.8) is 0 Å². The summed E-state index contributed by atoms with van der Waals surface area (Å²) in [6.07, 6.45) is 5.17. The second-order valence-corrected chi connectivity index (χ2v) is 5.84. The molecule has 1 saturated heterocycles. The number of rotatable bonds is 6. The van der Waals surface area contributed by atoms with Gasteiger partial charge in [0.1, 0.15) is 0 Å². The fourth-order valence-electron chi connectivity index (χ4n) is 2.68. The van der Waals surface area contributed by atoms with Crippen LogP contribution in [0.4, 0.5) is 0 Å². The molecule has 1 heterocycles. The van der Waals surface area contributed by atoms with Crippen LogP contribution in [0, 0.1) is 0 Å². The lowest BCUT2D eigenvalue weighted by Crippen LogP contribution is -2.51. The highest BCUT2D eigenvalue weighted by molar-refractivity contribution is 4.87. The van der Waals surface area contributed by atoms with Crippen molar-refractivity contribution < 1.29 is 5.11 Å². The maximum absolute atomic E-state index is 9.41. The topological polar surface area (TPSA) is 38.7 Å². The van der Waals surface area contributed by atoms with E-state index in [0.717, 1.165) is 13.1 Å². The quantitative estimate of drug-likeness (QED) is 0.693. The fourth-order valence-corrected chi connectivity index (χ4v) is 2.68.